The molecule has 1 amide bonds. The van der Waals surface area contributed by atoms with Crippen molar-refractivity contribution in [2.45, 2.75) is 50.9 Å². The molecule has 3 heterocycles. The number of likely N-dealkylation sites (tertiary alicyclic amines) is 1. The van der Waals surface area contributed by atoms with Crippen molar-refractivity contribution < 1.29 is 9.53 Å². The van der Waals surface area contributed by atoms with Gasteiger partial charge >= 0.3 is 0 Å². The molecule has 1 aromatic heterocycles. The second kappa shape index (κ2) is 6.36. The molecule has 1 N–H and O–H groups in total. The van der Waals surface area contributed by atoms with Crippen LogP contribution in [0.25, 0.3) is 11.4 Å². The van der Waals surface area contributed by atoms with E-state index in [0.717, 1.165) is 43.6 Å². The fraction of sp³-hybridized carbons (Fsp3) is 0.500. The molecule has 0 radical (unpaired) electrons. The average molecular weight is 326 g/mol. The standard InChI is InChI=1S/C18H22N4O2/c1-12-9-10-15(24-12)18(23)22-11-5-8-14(22)17-19-16(20-21-17)13-6-3-2-4-7-13/h2-4,6-7,12,14-15H,5,8-11H2,1H3,(H,19,20,21)/t12-,14+,15-/m1/s1. The summed E-state index contributed by atoms with van der Waals surface area (Å²) in [5, 5.41) is 7.36. The monoisotopic (exact) mass is 326 g/mol. The number of benzene rings is 1. The number of hydrogen-bond donors (Lipinski definition) is 1. The van der Waals surface area contributed by atoms with E-state index in [0.29, 0.717) is 5.82 Å². The highest BCUT2D eigenvalue weighted by molar-refractivity contribution is 5.81. The summed E-state index contributed by atoms with van der Waals surface area (Å²) in [6.07, 6.45) is 3.55. The molecule has 6 heteroatoms. The van der Waals surface area contributed by atoms with Crippen molar-refractivity contribution in [1.29, 1.82) is 0 Å². The summed E-state index contributed by atoms with van der Waals surface area (Å²) in [7, 11) is 0. The van der Waals surface area contributed by atoms with Gasteiger partial charge in [-0.05, 0) is 32.6 Å². The first-order chi connectivity index (χ1) is 11.7. The Kier molecular flexibility index (Phi) is 4.06. The van der Waals surface area contributed by atoms with Crippen LogP contribution < -0.4 is 0 Å². The lowest BCUT2D eigenvalue weighted by Crippen LogP contribution is -2.39. The van der Waals surface area contributed by atoms with Crippen LogP contribution >= 0.6 is 0 Å². The number of hydrogen-bond acceptors (Lipinski definition) is 4. The number of rotatable bonds is 3. The second-order valence-corrected chi connectivity index (χ2v) is 6.61. The van der Waals surface area contributed by atoms with Crippen LogP contribution in [0.3, 0.4) is 0 Å². The van der Waals surface area contributed by atoms with Crippen molar-refractivity contribution in [3.05, 3.63) is 36.2 Å². The fourth-order valence-corrected chi connectivity index (χ4v) is 3.62. The van der Waals surface area contributed by atoms with Crippen LogP contribution in [0.5, 0.6) is 0 Å². The van der Waals surface area contributed by atoms with Gasteiger partial charge in [0.05, 0.1) is 12.1 Å². The van der Waals surface area contributed by atoms with Gasteiger partial charge in [-0.1, -0.05) is 30.3 Å². The van der Waals surface area contributed by atoms with Crippen LogP contribution in [0, 0.1) is 0 Å². The molecule has 3 atom stereocenters. The van der Waals surface area contributed by atoms with Gasteiger partial charge in [0, 0.05) is 12.1 Å². The van der Waals surface area contributed by atoms with Crippen LogP contribution in [0.15, 0.2) is 30.3 Å². The van der Waals surface area contributed by atoms with E-state index in [-0.39, 0.29) is 24.2 Å². The molecule has 126 valence electrons. The zero-order valence-electron chi connectivity index (χ0n) is 13.8. The van der Waals surface area contributed by atoms with E-state index >= 15 is 0 Å². The number of nitrogens with zero attached hydrogens (tertiary/aromatic N) is 3. The van der Waals surface area contributed by atoms with Gasteiger partial charge in [0.25, 0.3) is 5.91 Å². The number of aromatic amines is 1. The highest BCUT2D eigenvalue weighted by atomic mass is 16.5. The average Bonchev–Trinajstić information content (AvgIpc) is 3.34. The number of carbonyl (C=O) groups is 1. The largest absolute Gasteiger partial charge is 0.365 e. The third-order valence-electron chi connectivity index (χ3n) is 4.89. The lowest BCUT2D eigenvalue weighted by Gasteiger charge is -2.25. The van der Waals surface area contributed by atoms with Gasteiger partial charge in [-0.3, -0.25) is 9.89 Å². The van der Waals surface area contributed by atoms with Gasteiger partial charge in [-0.25, -0.2) is 4.98 Å². The van der Waals surface area contributed by atoms with Crippen LogP contribution in [-0.2, 0) is 9.53 Å². The van der Waals surface area contributed by atoms with Crippen molar-refractivity contribution in [2.75, 3.05) is 6.54 Å². The van der Waals surface area contributed by atoms with Crippen molar-refractivity contribution in [1.82, 2.24) is 20.1 Å². The molecule has 0 saturated carbocycles. The van der Waals surface area contributed by atoms with Gasteiger partial charge in [-0.15, -0.1) is 0 Å². The van der Waals surface area contributed by atoms with Crippen LogP contribution in [0.4, 0.5) is 0 Å². The Bertz CT molecular complexity index is 715. The van der Waals surface area contributed by atoms with Crippen molar-refractivity contribution >= 4 is 5.91 Å². The van der Waals surface area contributed by atoms with E-state index in [4.69, 9.17) is 4.74 Å². The second-order valence-electron chi connectivity index (χ2n) is 6.61. The molecule has 2 saturated heterocycles. The minimum absolute atomic E-state index is 0.0260. The number of nitrogens with one attached hydrogen (secondary N) is 1. The zero-order chi connectivity index (χ0) is 16.5. The maximum absolute atomic E-state index is 12.8. The molecule has 2 aliphatic heterocycles. The summed E-state index contributed by atoms with van der Waals surface area (Å²) in [4.78, 5) is 19.3. The maximum Gasteiger partial charge on any atom is 0.252 e. The van der Waals surface area contributed by atoms with E-state index in [1.807, 2.05) is 42.2 Å². The number of aromatic nitrogens is 3. The molecular formula is C18H22N4O2. The third-order valence-corrected chi connectivity index (χ3v) is 4.89. The molecule has 0 unspecified atom stereocenters. The van der Waals surface area contributed by atoms with Crippen molar-refractivity contribution in [3.63, 3.8) is 0 Å². The van der Waals surface area contributed by atoms with E-state index in [2.05, 4.69) is 15.2 Å². The first kappa shape index (κ1) is 15.3. The summed E-state index contributed by atoms with van der Waals surface area (Å²) >= 11 is 0. The molecule has 1 aromatic carbocycles. The first-order valence-electron chi connectivity index (χ1n) is 8.66. The third kappa shape index (κ3) is 2.82. The van der Waals surface area contributed by atoms with Gasteiger partial charge in [0.15, 0.2) is 5.82 Å². The molecule has 2 aliphatic rings. The summed E-state index contributed by atoms with van der Waals surface area (Å²) in [5.74, 6) is 1.54. The number of H-pyrrole nitrogens is 1. The quantitative estimate of drug-likeness (QED) is 0.941. The summed E-state index contributed by atoms with van der Waals surface area (Å²) < 4.78 is 5.76. The van der Waals surface area contributed by atoms with Gasteiger partial charge in [0.1, 0.15) is 11.9 Å². The van der Waals surface area contributed by atoms with Crippen LogP contribution in [0.2, 0.25) is 0 Å². The lowest BCUT2D eigenvalue weighted by atomic mass is 10.1. The van der Waals surface area contributed by atoms with E-state index in [1.54, 1.807) is 0 Å². The fourth-order valence-electron chi connectivity index (χ4n) is 3.62. The summed E-state index contributed by atoms with van der Waals surface area (Å²) in [6, 6.07) is 9.85. The van der Waals surface area contributed by atoms with Crippen molar-refractivity contribution in [2.24, 2.45) is 0 Å². The highest BCUT2D eigenvalue weighted by Gasteiger charge is 2.38. The minimum atomic E-state index is -0.294. The van der Waals surface area contributed by atoms with E-state index in [9.17, 15) is 4.79 Å². The Morgan fingerprint density at radius 2 is 2.08 bits per heavy atom. The molecule has 0 spiro atoms. The number of ether oxygens (including phenoxy) is 1. The van der Waals surface area contributed by atoms with Gasteiger partial charge in [-0.2, -0.15) is 5.10 Å². The smallest absolute Gasteiger partial charge is 0.252 e. The molecule has 2 aromatic rings. The minimum Gasteiger partial charge on any atom is -0.365 e. The Morgan fingerprint density at radius 3 is 2.83 bits per heavy atom. The van der Waals surface area contributed by atoms with E-state index in [1.165, 1.54) is 0 Å². The van der Waals surface area contributed by atoms with Crippen molar-refractivity contribution in [3.8, 4) is 11.4 Å². The first-order valence-corrected chi connectivity index (χ1v) is 8.66. The molecule has 4 rings (SSSR count). The Hall–Kier alpha value is -2.21. The van der Waals surface area contributed by atoms with Gasteiger partial charge in [0.2, 0.25) is 0 Å². The normalized spacial score (nSPS) is 26.9. The molecular weight excluding hydrogens is 304 g/mol. The SMILES string of the molecule is C[C@@H]1CC[C@H](C(=O)N2CCC[C@H]2c2nc(-c3ccccc3)n[nH]2)O1. The zero-order valence-corrected chi connectivity index (χ0v) is 13.8. The number of amides is 1. The molecule has 6 nitrogen and oxygen atoms in total. The van der Waals surface area contributed by atoms with Crippen LogP contribution in [0.1, 0.15) is 44.5 Å². The molecule has 2 fully saturated rings. The van der Waals surface area contributed by atoms with Gasteiger partial charge < -0.3 is 9.64 Å². The highest BCUT2D eigenvalue weighted by Crippen LogP contribution is 2.33. The number of carbonyl (C=O) groups excluding carboxylic acids is 1. The predicted octanol–water partition coefficient (Wildman–Crippen LogP) is 2.70. The Morgan fingerprint density at radius 1 is 1.25 bits per heavy atom. The molecule has 0 aliphatic carbocycles. The Balaban J connectivity index is 1.53. The van der Waals surface area contributed by atoms with E-state index < -0.39 is 0 Å². The predicted molar refractivity (Wildman–Crippen MR) is 89.1 cm³/mol. The summed E-state index contributed by atoms with van der Waals surface area (Å²) in [6.45, 7) is 2.79. The topological polar surface area (TPSA) is 71.1 Å². The molecule has 0 bridgehead atoms. The summed E-state index contributed by atoms with van der Waals surface area (Å²) in [5.41, 5.74) is 0.976. The maximum atomic E-state index is 12.8. The Labute approximate surface area is 141 Å². The van der Waals surface area contributed by atoms with Crippen LogP contribution in [-0.4, -0.2) is 44.7 Å². The molecule has 24 heavy (non-hydrogen) atoms. The lowest BCUT2D eigenvalue weighted by molar-refractivity contribution is -0.143.